The van der Waals surface area contributed by atoms with Gasteiger partial charge in [0, 0.05) is 17.9 Å². The van der Waals surface area contributed by atoms with Crippen LogP contribution >= 0.6 is 0 Å². The average molecular weight is 521 g/mol. The smallest absolute Gasteiger partial charge is 0.163 e. The number of carbonyl (C=O) groups is 3. The van der Waals surface area contributed by atoms with Crippen LogP contribution in [0.4, 0.5) is 0 Å². The normalized spacial score (nSPS) is 15.7. The highest BCUT2D eigenvalue weighted by Gasteiger charge is 2.33. The molecule has 0 amide bonds. The number of rotatable bonds is 9. The quantitative estimate of drug-likeness (QED) is 0.310. The summed E-state index contributed by atoms with van der Waals surface area (Å²) in [6.45, 7) is 18.2. The Morgan fingerprint density at radius 3 is 1.89 bits per heavy atom. The van der Waals surface area contributed by atoms with Gasteiger partial charge in [-0.15, -0.1) is 0 Å². The lowest BCUT2D eigenvalue weighted by Gasteiger charge is -2.32. The summed E-state index contributed by atoms with van der Waals surface area (Å²) < 4.78 is 0. The third-order valence-electron chi connectivity index (χ3n) is 7.44. The van der Waals surface area contributed by atoms with Crippen molar-refractivity contribution in [1.29, 1.82) is 0 Å². The van der Waals surface area contributed by atoms with Crippen molar-refractivity contribution < 1.29 is 14.4 Å². The zero-order chi connectivity index (χ0) is 28.8. The summed E-state index contributed by atoms with van der Waals surface area (Å²) in [6, 6.07) is 12.7. The van der Waals surface area contributed by atoms with Crippen molar-refractivity contribution in [3.05, 3.63) is 69.8 Å². The summed E-state index contributed by atoms with van der Waals surface area (Å²) in [7, 11) is 0. The van der Waals surface area contributed by atoms with Crippen molar-refractivity contribution in [3.8, 4) is 0 Å². The van der Waals surface area contributed by atoms with Crippen LogP contribution in [-0.2, 0) is 16.0 Å². The highest BCUT2D eigenvalue weighted by molar-refractivity contribution is 6.00. The van der Waals surface area contributed by atoms with Crippen LogP contribution in [0, 0.1) is 45.4 Å². The molecular weight excluding hydrogens is 468 g/mol. The summed E-state index contributed by atoms with van der Waals surface area (Å²) in [5.74, 6) is 0.769. The van der Waals surface area contributed by atoms with Crippen molar-refractivity contribution in [2.75, 3.05) is 0 Å². The molecule has 3 rings (SSSR count). The number of carbonyl (C=O) groups excluding carboxylic acids is 3. The fraction of sp³-hybridized carbons (Fsp3) is 0.571. The molecule has 0 bridgehead atoms. The fourth-order valence-corrected chi connectivity index (χ4v) is 5.46. The van der Waals surface area contributed by atoms with Gasteiger partial charge >= 0.3 is 0 Å². The molecule has 210 valence electrons. The predicted octanol–water partition coefficient (Wildman–Crippen LogP) is 9.15. The number of hydrogen-bond donors (Lipinski definition) is 0. The van der Waals surface area contributed by atoms with Crippen LogP contribution in [0.25, 0.3) is 0 Å². The number of Topliss-reactive ketones (excluding diaryl/α,β-unsaturated/α-hetero) is 3. The molecule has 2 aromatic rings. The molecule has 1 aliphatic carbocycles. The molecule has 2 aromatic carbocycles. The summed E-state index contributed by atoms with van der Waals surface area (Å²) in [5.41, 5.74) is 7.04. The Morgan fingerprint density at radius 1 is 0.868 bits per heavy atom. The summed E-state index contributed by atoms with van der Waals surface area (Å²) in [6.07, 6.45) is 6.45. The van der Waals surface area contributed by atoms with E-state index >= 15 is 0 Å². The fourth-order valence-electron chi connectivity index (χ4n) is 5.46. The maximum absolute atomic E-state index is 12.8. The number of benzene rings is 2. The van der Waals surface area contributed by atoms with Crippen molar-refractivity contribution in [2.24, 2.45) is 17.8 Å². The number of aryl methyl sites for hydroxylation is 3. The largest absolute Gasteiger partial charge is 0.300 e. The van der Waals surface area contributed by atoms with Crippen LogP contribution in [-0.4, -0.2) is 17.3 Å². The SMILES string of the molecule is CCC.CCCC(CC1CC(=O)c2c(ccc(C)c2C)C1)C(CC)C(=O)CC(C)=O.Cc1ccc(C)cc1. The molecule has 3 nitrogen and oxygen atoms in total. The maximum atomic E-state index is 12.8. The van der Waals surface area contributed by atoms with Crippen LogP contribution in [0.15, 0.2) is 36.4 Å². The first-order valence-corrected chi connectivity index (χ1v) is 14.7. The van der Waals surface area contributed by atoms with Gasteiger partial charge in [-0.25, -0.2) is 0 Å². The van der Waals surface area contributed by atoms with E-state index in [9.17, 15) is 14.4 Å². The van der Waals surface area contributed by atoms with Gasteiger partial charge < -0.3 is 0 Å². The Hall–Kier alpha value is -2.55. The zero-order valence-electron chi connectivity index (χ0n) is 25.6. The van der Waals surface area contributed by atoms with Crippen molar-refractivity contribution in [1.82, 2.24) is 0 Å². The van der Waals surface area contributed by atoms with Gasteiger partial charge in [0.25, 0.3) is 0 Å². The highest BCUT2D eigenvalue weighted by Crippen LogP contribution is 2.36. The van der Waals surface area contributed by atoms with Gasteiger partial charge in [-0.05, 0) is 82.4 Å². The van der Waals surface area contributed by atoms with Crippen LogP contribution in [0.2, 0.25) is 0 Å². The van der Waals surface area contributed by atoms with Gasteiger partial charge in [-0.1, -0.05) is 94.5 Å². The number of hydrogen-bond acceptors (Lipinski definition) is 3. The average Bonchev–Trinajstić information content (AvgIpc) is 2.84. The van der Waals surface area contributed by atoms with E-state index in [0.29, 0.717) is 12.3 Å². The van der Waals surface area contributed by atoms with Gasteiger partial charge in [-0.3, -0.25) is 14.4 Å². The van der Waals surface area contributed by atoms with E-state index in [4.69, 9.17) is 0 Å². The molecule has 0 aliphatic heterocycles. The molecule has 3 heteroatoms. The Labute approximate surface area is 232 Å². The van der Waals surface area contributed by atoms with Crippen LogP contribution in [0.5, 0.6) is 0 Å². The van der Waals surface area contributed by atoms with Crippen molar-refractivity contribution in [2.45, 2.75) is 114 Å². The highest BCUT2D eigenvalue weighted by atomic mass is 16.1. The maximum Gasteiger partial charge on any atom is 0.163 e. The molecule has 0 saturated heterocycles. The summed E-state index contributed by atoms with van der Waals surface area (Å²) >= 11 is 0. The molecule has 0 fully saturated rings. The second-order valence-corrected chi connectivity index (χ2v) is 11.2. The second kappa shape index (κ2) is 17.1. The second-order valence-electron chi connectivity index (χ2n) is 11.2. The molecule has 0 aromatic heterocycles. The van der Waals surface area contributed by atoms with Crippen molar-refractivity contribution >= 4 is 17.3 Å². The van der Waals surface area contributed by atoms with Gasteiger partial charge in [-0.2, -0.15) is 0 Å². The third-order valence-corrected chi connectivity index (χ3v) is 7.44. The minimum absolute atomic E-state index is 0.0453. The molecule has 0 saturated carbocycles. The topological polar surface area (TPSA) is 51.2 Å². The standard InChI is InChI=1S/C24H34O3.C8H10.C3H8/c1-6-8-19(21(7-2)22(26)11-16(4)25)12-18-13-20-10-9-15(3)17(5)24(20)23(27)14-18;1-7-3-5-8(2)6-4-7;1-3-2/h9-10,18-19,21H,6-8,11-14H2,1-5H3;3-6H,1-2H3;3H2,1-2H3. The lowest BCUT2D eigenvalue weighted by molar-refractivity contribution is -0.129. The number of ketones is 3. The van der Waals surface area contributed by atoms with E-state index < -0.39 is 0 Å². The first-order valence-electron chi connectivity index (χ1n) is 14.7. The lowest BCUT2D eigenvalue weighted by Crippen LogP contribution is -2.29. The monoisotopic (exact) mass is 520 g/mol. The van der Waals surface area contributed by atoms with E-state index in [0.717, 1.165) is 48.8 Å². The summed E-state index contributed by atoms with van der Waals surface area (Å²) in [5, 5.41) is 0. The minimum atomic E-state index is -0.0647. The Bertz CT molecular complexity index is 1010. The molecule has 0 heterocycles. The first-order chi connectivity index (χ1) is 18.0. The Kier molecular flexibility index (Phi) is 15.1. The van der Waals surface area contributed by atoms with Gasteiger partial charge in [0.15, 0.2) is 5.78 Å². The molecule has 0 radical (unpaired) electrons. The molecule has 3 atom stereocenters. The minimum Gasteiger partial charge on any atom is -0.300 e. The van der Waals surface area contributed by atoms with E-state index in [1.807, 2.05) is 13.8 Å². The molecule has 38 heavy (non-hydrogen) atoms. The molecule has 0 spiro atoms. The predicted molar refractivity (Wildman–Crippen MR) is 161 cm³/mol. The van der Waals surface area contributed by atoms with Gasteiger partial charge in [0.05, 0.1) is 6.42 Å². The lowest BCUT2D eigenvalue weighted by atomic mass is 9.72. The molecule has 0 N–H and O–H groups in total. The van der Waals surface area contributed by atoms with Gasteiger partial charge in [0.1, 0.15) is 11.6 Å². The van der Waals surface area contributed by atoms with Crippen LogP contribution in [0.3, 0.4) is 0 Å². The van der Waals surface area contributed by atoms with E-state index in [1.54, 1.807) is 0 Å². The molecule has 1 aliphatic rings. The molecular formula is C35H52O3. The van der Waals surface area contributed by atoms with E-state index in [-0.39, 0.29) is 35.6 Å². The Morgan fingerprint density at radius 2 is 1.42 bits per heavy atom. The van der Waals surface area contributed by atoms with E-state index in [2.05, 4.69) is 77.9 Å². The van der Waals surface area contributed by atoms with Crippen molar-refractivity contribution in [3.63, 3.8) is 0 Å². The van der Waals surface area contributed by atoms with E-state index in [1.165, 1.54) is 30.0 Å². The first kappa shape index (κ1) is 33.5. The van der Waals surface area contributed by atoms with Crippen LogP contribution < -0.4 is 0 Å². The van der Waals surface area contributed by atoms with Crippen LogP contribution in [0.1, 0.15) is 118 Å². The number of fused-ring (bicyclic) bond motifs is 1. The molecule has 3 unspecified atom stereocenters. The van der Waals surface area contributed by atoms with Gasteiger partial charge in [0.2, 0.25) is 0 Å². The third kappa shape index (κ3) is 10.7. The summed E-state index contributed by atoms with van der Waals surface area (Å²) in [4.78, 5) is 36.8. The zero-order valence-corrected chi connectivity index (χ0v) is 25.6. The Balaban J connectivity index is 0.000000545.